The summed E-state index contributed by atoms with van der Waals surface area (Å²) in [6, 6.07) is -0.0290. The third-order valence-corrected chi connectivity index (χ3v) is 2.54. The van der Waals surface area contributed by atoms with Crippen LogP contribution in [-0.4, -0.2) is 37.1 Å². The van der Waals surface area contributed by atoms with Crippen LogP contribution in [0.1, 0.15) is 26.2 Å². The van der Waals surface area contributed by atoms with Crippen LogP contribution in [0.25, 0.3) is 0 Å². The molecular weight excluding hydrogens is 178 g/mol. The van der Waals surface area contributed by atoms with Gasteiger partial charge in [0.2, 0.25) is 0 Å². The van der Waals surface area contributed by atoms with Gasteiger partial charge in [0.05, 0.1) is 7.11 Å². The van der Waals surface area contributed by atoms with Gasteiger partial charge in [-0.25, -0.2) is 0 Å². The molecule has 0 aliphatic carbocycles. The molecule has 1 rings (SSSR count). The maximum atomic E-state index is 11.4. The Morgan fingerprint density at radius 3 is 3.07 bits per heavy atom. The number of hydrogen-bond donors (Lipinski definition) is 0. The monoisotopic (exact) mass is 195 g/mol. The topological polar surface area (TPSA) is 29.5 Å². The predicted octanol–water partition coefficient (Wildman–Crippen LogP) is 1.04. The summed E-state index contributed by atoms with van der Waals surface area (Å²) in [4.78, 5) is 13.5. The third-order valence-electron chi connectivity index (χ3n) is 2.54. The zero-order valence-corrected chi connectivity index (χ0v) is 8.88. The Morgan fingerprint density at radius 2 is 2.43 bits per heavy atom. The summed E-state index contributed by atoms with van der Waals surface area (Å²) in [6.07, 6.45) is 2.84. The van der Waals surface area contributed by atoms with Gasteiger partial charge in [-0.3, -0.25) is 9.69 Å². The smallest absolute Gasteiger partial charge is 0.323 e. The van der Waals surface area contributed by atoms with Gasteiger partial charge in [-0.1, -0.05) is 0 Å². The summed E-state index contributed by atoms with van der Waals surface area (Å²) in [6.45, 7) is 3.70. The van der Waals surface area contributed by atoms with Crippen LogP contribution in [0, 0.1) is 11.8 Å². The molecule has 78 valence electrons. The fourth-order valence-electron chi connectivity index (χ4n) is 1.82. The average molecular weight is 195 g/mol. The van der Waals surface area contributed by atoms with Gasteiger partial charge in [-0.2, -0.15) is 0 Å². The minimum absolute atomic E-state index is 0.0290. The van der Waals surface area contributed by atoms with Gasteiger partial charge >= 0.3 is 5.97 Å². The molecule has 1 aliphatic rings. The van der Waals surface area contributed by atoms with E-state index in [9.17, 15) is 4.79 Å². The normalized spacial score (nSPS) is 21.4. The van der Waals surface area contributed by atoms with Gasteiger partial charge in [0, 0.05) is 13.0 Å². The fraction of sp³-hybridized carbons (Fsp3) is 0.727. The number of nitrogens with zero attached hydrogens (tertiary/aromatic N) is 1. The van der Waals surface area contributed by atoms with E-state index in [0.29, 0.717) is 0 Å². The Morgan fingerprint density at radius 1 is 1.64 bits per heavy atom. The summed E-state index contributed by atoms with van der Waals surface area (Å²) >= 11 is 0. The van der Waals surface area contributed by atoms with Gasteiger partial charge in [-0.15, -0.1) is 11.8 Å². The number of carbonyl (C=O) groups excluding carboxylic acids is 1. The van der Waals surface area contributed by atoms with Crippen LogP contribution in [0.3, 0.4) is 0 Å². The highest BCUT2D eigenvalue weighted by Gasteiger charge is 2.30. The first-order chi connectivity index (χ1) is 6.79. The first-order valence-corrected chi connectivity index (χ1v) is 5.01. The molecule has 0 spiro atoms. The second kappa shape index (κ2) is 5.66. The minimum atomic E-state index is -0.105. The summed E-state index contributed by atoms with van der Waals surface area (Å²) in [5, 5.41) is 0. The second-order valence-electron chi connectivity index (χ2n) is 3.39. The van der Waals surface area contributed by atoms with Crippen LogP contribution in [0.5, 0.6) is 0 Å². The number of methoxy groups -OCH3 is 1. The third kappa shape index (κ3) is 2.74. The summed E-state index contributed by atoms with van der Waals surface area (Å²) in [5.74, 6) is 5.76. The standard InChI is InChI=1S/C11H17NO2/c1-3-4-5-8-12-9-6-7-10(12)11(13)14-2/h10H,5-9H2,1-2H3. The van der Waals surface area contributed by atoms with Crippen LogP contribution in [0.15, 0.2) is 0 Å². The molecule has 3 heteroatoms. The highest BCUT2D eigenvalue weighted by molar-refractivity contribution is 5.75. The van der Waals surface area contributed by atoms with E-state index in [0.717, 1.165) is 32.4 Å². The molecule has 0 amide bonds. The SMILES string of the molecule is CC#CCCN1CCCC1C(=O)OC. The van der Waals surface area contributed by atoms with E-state index >= 15 is 0 Å². The fourth-order valence-corrected chi connectivity index (χ4v) is 1.82. The second-order valence-corrected chi connectivity index (χ2v) is 3.39. The zero-order chi connectivity index (χ0) is 10.4. The van der Waals surface area contributed by atoms with Crippen molar-refractivity contribution in [1.82, 2.24) is 4.90 Å². The van der Waals surface area contributed by atoms with Crippen LogP contribution < -0.4 is 0 Å². The molecule has 0 N–H and O–H groups in total. The number of rotatable bonds is 3. The highest BCUT2D eigenvalue weighted by Crippen LogP contribution is 2.18. The molecule has 1 saturated heterocycles. The van der Waals surface area contributed by atoms with Crippen molar-refractivity contribution in [1.29, 1.82) is 0 Å². The molecule has 1 aliphatic heterocycles. The van der Waals surface area contributed by atoms with Gasteiger partial charge < -0.3 is 4.74 Å². The van der Waals surface area contributed by atoms with Crippen molar-refractivity contribution in [3.63, 3.8) is 0 Å². The molecule has 0 aromatic carbocycles. The molecule has 0 aromatic heterocycles. The van der Waals surface area contributed by atoms with Crippen molar-refractivity contribution in [3.05, 3.63) is 0 Å². The van der Waals surface area contributed by atoms with E-state index in [1.165, 1.54) is 7.11 Å². The van der Waals surface area contributed by atoms with Crippen LogP contribution in [-0.2, 0) is 9.53 Å². The zero-order valence-electron chi connectivity index (χ0n) is 8.88. The quantitative estimate of drug-likeness (QED) is 0.498. The van der Waals surface area contributed by atoms with Crippen molar-refractivity contribution < 1.29 is 9.53 Å². The Labute approximate surface area is 85.4 Å². The van der Waals surface area contributed by atoms with Gasteiger partial charge in [0.1, 0.15) is 6.04 Å². The summed E-state index contributed by atoms with van der Waals surface area (Å²) in [7, 11) is 1.45. The molecular formula is C11H17NO2. The van der Waals surface area contributed by atoms with Gasteiger partial charge in [0.25, 0.3) is 0 Å². The molecule has 1 unspecified atom stereocenters. The van der Waals surface area contributed by atoms with Crippen LogP contribution in [0.4, 0.5) is 0 Å². The molecule has 0 aromatic rings. The lowest BCUT2D eigenvalue weighted by Gasteiger charge is -2.20. The Balaban J connectivity index is 2.41. The first kappa shape index (κ1) is 11.1. The van der Waals surface area contributed by atoms with E-state index in [4.69, 9.17) is 4.74 Å². The van der Waals surface area contributed by atoms with E-state index in [1.54, 1.807) is 0 Å². The lowest BCUT2D eigenvalue weighted by atomic mass is 10.2. The Hall–Kier alpha value is -1.01. The number of likely N-dealkylation sites (tertiary alicyclic amines) is 1. The summed E-state index contributed by atoms with van der Waals surface area (Å²) < 4.78 is 4.75. The lowest BCUT2D eigenvalue weighted by Crippen LogP contribution is -2.37. The predicted molar refractivity (Wildman–Crippen MR) is 54.7 cm³/mol. The molecule has 14 heavy (non-hydrogen) atoms. The number of hydrogen-bond acceptors (Lipinski definition) is 3. The largest absolute Gasteiger partial charge is 0.468 e. The Bertz CT molecular complexity index is 252. The molecule has 1 fully saturated rings. The van der Waals surface area contributed by atoms with E-state index < -0.39 is 0 Å². The summed E-state index contributed by atoms with van der Waals surface area (Å²) in [5.41, 5.74) is 0. The number of ether oxygens (including phenoxy) is 1. The van der Waals surface area contributed by atoms with Gasteiger partial charge in [-0.05, 0) is 26.3 Å². The van der Waals surface area contributed by atoms with Crippen molar-refractivity contribution in [2.24, 2.45) is 0 Å². The minimum Gasteiger partial charge on any atom is -0.468 e. The van der Waals surface area contributed by atoms with Crippen molar-refractivity contribution >= 4 is 5.97 Å². The lowest BCUT2D eigenvalue weighted by molar-refractivity contribution is -0.145. The highest BCUT2D eigenvalue weighted by atomic mass is 16.5. The molecule has 0 radical (unpaired) electrons. The first-order valence-electron chi connectivity index (χ1n) is 5.01. The van der Waals surface area contributed by atoms with Crippen molar-refractivity contribution in [2.75, 3.05) is 20.2 Å². The van der Waals surface area contributed by atoms with Gasteiger partial charge in [0.15, 0.2) is 0 Å². The molecule has 3 nitrogen and oxygen atoms in total. The van der Waals surface area contributed by atoms with Crippen molar-refractivity contribution in [3.8, 4) is 11.8 Å². The molecule has 0 bridgehead atoms. The molecule has 1 heterocycles. The number of esters is 1. The molecule has 0 saturated carbocycles. The molecule has 1 atom stereocenters. The van der Waals surface area contributed by atoms with Crippen LogP contribution in [0.2, 0.25) is 0 Å². The maximum Gasteiger partial charge on any atom is 0.323 e. The van der Waals surface area contributed by atoms with Crippen LogP contribution >= 0.6 is 0 Å². The van der Waals surface area contributed by atoms with E-state index in [1.807, 2.05) is 6.92 Å². The van der Waals surface area contributed by atoms with E-state index in [2.05, 4.69) is 16.7 Å². The van der Waals surface area contributed by atoms with Crippen molar-refractivity contribution in [2.45, 2.75) is 32.2 Å². The van der Waals surface area contributed by atoms with E-state index in [-0.39, 0.29) is 12.0 Å². The number of carbonyl (C=O) groups is 1. The maximum absolute atomic E-state index is 11.4. The average Bonchev–Trinajstić information content (AvgIpc) is 2.65. The Kier molecular flexibility index (Phi) is 4.48.